The standard InChI is InChI=1S/C22H20N2O2/c23-21(25)20(14-16-8-3-1-4-9-16)24-22(26)19-13-7-12-18(15-19)17-10-5-2-6-11-17/h1-13,15,20H,14H2,(H2,23,25)(H,24,26)/t20-/m0/s1. The van der Waals surface area contributed by atoms with E-state index in [9.17, 15) is 9.59 Å². The predicted molar refractivity (Wildman–Crippen MR) is 102 cm³/mol. The average Bonchev–Trinajstić information content (AvgIpc) is 2.69. The zero-order chi connectivity index (χ0) is 18.4. The largest absolute Gasteiger partial charge is 0.368 e. The van der Waals surface area contributed by atoms with Crippen LogP contribution in [0.5, 0.6) is 0 Å². The second-order valence-corrected chi connectivity index (χ2v) is 6.06. The Hall–Kier alpha value is -3.40. The van der Waals surface area contributed by atoms with Crippen LogP contribution < -0.4 is 11.1 Å². The summed E-state index contributed by atoms with van der Waals surface area (Å²) in [6.07, 6.45) is 0.361. The molecule has 0 aliphatic heterocycles. The molecule has 0 aromatic heterocycles. The van der Waals surface area contributed by atoms with Crippen molar-refractivity contribution in [2.45, 2.75) is 12.5 Å². The Morgan fingerprint density at radius 1 is 0.808 bits per heavy atom. The van der Waals surface area contributed by atoms with Crippen LogP contribution >= 0.6 is 0 Å². The summed E-state index contributed by atoms with van der Waals surface area (Å²) in [7, 11) is 0. The number of benzene rings is 3. The Balaban J connectivity index is 1.77. The molecule has 0 bridgehead atoms. The maximum Gasteiger partial charge on any atom is 0.251 e. The molecular weight excluding hydrogens is 324 g/mol. The maximum atomic E-state index is 12.6. The summed E-state index contributed by atoms with van der Waals surface area (Å²) in [5.41, 5.74) is 8.88. The first kappa shape index (κ1) is 17.4. The lowest BCUT2D eigenvalue weighted by molar-refractivity contribution is -0.119. The molecule has 3 aromatic carbocycles. The van der Waals surface area contributed by atoms with Crippen molar-refractivity contribution < 1.29 is 9.59 Å². The fraction of sp³-hybridized carbons (Fsp3) is 0.0909. The van der Waals surface area contributed by atoms with E-state index < -0.39 is 11.9 Å². The zero-order valence-corrected chi connectivity index (χ0v) is 14.3. The van der Waals surface area contributed by atoms with Crippen LogP contribution in [0.3, 0.4) is 0 Å². The fourth-order valence-corrected chi connectivity index (χ4v) is 2.78. The third-order valence-corrected chi connectivity index (χ3v) is 4.16. The van der Waals surface area contributed by atoms with Gasteiger partial charge in [-0.2, -0.15) is 0 Å². The van der Waals surface area contributed by atoms with Crippen LogP contribution in [0.15, 0.2) is 84.9 Å². The number of hydrogen-bond acceptors (Lipinski definition) is 2. The van der Waals surface area contributed by atoms with Crippen LogP contribution in [0.2, 0.25) is 0 Å². The minimum atomic E-state index is -0.759. The Kier molecular flexibility index (Phi) is 5.44. The predicted octanol–water partition coefficient (Wildman–Crippen LogP) is 3.18. The van der Waals surface area contributed by atoms with Crippen molar-refractivity contribution in [2.24, 2.45) is 5.73 Å². The quantitative estimate of drug-likeness (QED) is 0.721. The Labute approximate surface area is 152 Å². The highest BCUT2D eigenvalue weighted by molar-refractivity contribution is 5.98. The molecule has 4 nitrogen and oxygen atoms in total. The van der Waals surface area contributed by atoms with Gasteiger partial charge in [-0.05, 0) is 28.8 Å². The summed E-state index contributed by atoms with van der Waals surface area (Å²) in [6, 6.07) is 25.8. The van der Waals surface area contributed by atoms with Crippen LogP contribution in [-0.4, -0.2) is 17.9 Å². The van der Waals surface area contributed by atoms with Crippen LogP contribution in [0.1, 0.15) is 15.9 Å². The topological polar surface area (TPSA) is 72.2 Å². The van der Waals surface area contributed by atoms with E-state index >= 15 is 0 Å². The van der Waals surface area contributed by atoms with Gasteiger partial charge in [-0.15, -0.1) is 0 Å². The molecule has 130 valence electrons. The minimum absolute atomic E-state index is 0.317. The van der Waals surface area contributed by atoms with Gasteiger partial charge >= 0.3 is 0 Å². The highest BCUT2D eigenvalue weighted by Gasteiger charge is 2.19. The summed E-state index contributed by atoms with van der Waals surface area (Å²) in [5.74, 6) is -0.871. The van der Waals surface area contributed by atoms with E-state index in [0.29, 0.717) is 12.0 Å². The Morgan fingerprint density at radius 3 is 2.08 bits per heavy atom. The van der Waals surface area contributed by atoms with Gasteiger partial charge in [-0.25, -0.2) is 0 Å². The van der Waals surface area contributed by atoms with E-state index in [1.807, 2.05) is 78.9 Å². The molecule has 26 heavy (non-hydrogen) atoms. The second-order valence-electron chi connectivity index (χ2n) is 6.06. The lowest BCUT2D eigenvalue weighted by atomic mass is 10.0. The molecule has 2 amide bonds. The van der Waals surface area contributed by atoms with Gasteiger partial charge in [-0.3, -0.25) is 9.59 Å². The monoisotopic (exact) mass is 344 g/mol. The maximum absolute atomic E-state index is 12.6. The molecule has 0 spiro atoms. The number of nitrogens with one attached hydrogen (secondary N) is 1. The first-order chi connectivity index (χ1) is 12.6. The van der Waals surface area contributed by atoms with Gasteiger partial charge in [0.1, 0.15) is 6.04 Å². The molecule has 0 aliphatic rings. The van der Waals surface area contributed by atoms with Gasteiger partial charge in [0.05, 0.1) is 0 Å². The lowest BCUT2D eigenvalue weighted by Crippen LogP contribution is -2.45. The molecule has 4 heteroatoms. The second kappa shape index (κ2) is 8.12. The molecule has 0 fully saturated rings. The molecule has 0 saturated heterocycles. The minimum Gasteiger partial charge on any atom is -0.368 e. The highest BCUT2D eigenvalue weighted by atomic mass is 16.2. The number of primary amides is 1. The van der Waals surface area contributed by atoms with Gasteiger partial charge in [0, 0.05) is 12.0 Å². The van der Waals surface area contributed by atoms with Crippen molar-refractivity contribution in [1.82, 2.24) is 5.32 Å². The van der Waals surface area contributed by atoms with E-state index in [4.69, 9.17) is 5.73 Å². The van der Waals surface area contributed by atoms with E-state index in [0.717, 1.165) is 16.7 Å². The van der Waals surface area contributed by atoms with Crippen LogP contribution in [0.25, 0.3) is 11.1 Å². The van der Waals surface area contributed by atoms with Crippen molar-refractivity contribution >= 4 is 11.8 Å². The van der Waals surface area contributed by atoms with Gasteiger partial charge < -0.3 is 11.1 Å². The molecule has 3 rings (SSSR count). The number of carbonyl (C=O) groups is 2. The summed E-state index contributed by atoms with van der Waals surface area (Å²) in [4.78, 5) is 24.4. The van der Waals surface area contributed by atoms with Crippen molar-refractivity contribution in [1.29, 1.82) is 0 Å². The number of rotatable bonds is 6. The molecule has 0 unspecified atom stereocenters. The average molecular weight is 344 g/mol. The SMILES string of the molecule is NC(=O)[C@H](Cc1ccccc1)NC(=O)c1cccc(-c2ccccc2)c1. The molecule has 0 heterocycles. The number of nitrogens with two attached hydrogens (primary N) is 1. The molecule has 0 aliphatic carbocycles. The number of hydrogen-bond donors (Lipinski definition) is 2. The van der Waals surface area contributed by atoms with Gasteiger partial charge in [-0.1, -0.05) is 72.8 Å². The highest BCUT2D eigenvalue weighted by Crippen LogP contribution is 2.20. The first-order valence-corrected chi connectivity index (χ1v) is 8.43. The molecule has 3 N–H and O–H groups in total. The molecule has 0 radical (unpaired) electrons. The van der Waals surface area contributed by atoms with Crippen molar-refractivity contribution in [3.63, 3.8) is 0 Å². The molecular formula is C22H20N2O2. The normalized spacial score (nSPS) is 11.5. The summed E-state index contributed by atoms with van der Waals surface area (Å²) in [5, 5.41) is 2.75. The summed E-state index contributed by atoms with van der Waals surface area (Å²) in [6.45, 7) is 0. The summed E-state index contributed by atoms with van der Waals surface area (Å²) >= 11 is 0. The molecule has 1 atom stereocenters. The van der Waals surface area contributed by atoms with Crippen molar-refractivity contribution in [3.05, 3.63) is 96.1 Å². The van der Waals surface area contributed by atoms with Gasteiger partial charge in [0.15, 0.2) is 0 Å². The fourth-order valence-electron chi connectivity index (χ4n) is 2.78. The summed E-state index contributed by atoms with van der Waals surface area (Å²) < 4.78 is 0. The van der Waals surface area contributed by atoms with E-state index in [1.54, 1.807) is 6.07 Å². The van der Waals surface area contributed by atoms with E-state index in [2.05, 4.69) is 5.32 Å². The van der Waals surface area contributed by atoms with Crippen LogP contribution in [0.4, 0.5) is 0 Å². The number of amides is 2. The third-order valence-electron chi connectivity index (χ3n) is 4.16. The first-order valence-electron chi connectivity index (χ1n) is 8.43. The molecule has 3 aromatic rings. The number of carbonyl (C=O) groups excluding carboxylic acids is 2. The Morgan fingerprint density at radius 2 is 1.42 bits per heavy atom. The van der Waals surface area contributed by atoms with Gasteiger partial charge in [0.25, 0.3) is 5.91 Å². The Bertz CT molecular complexity index is 892. The lowest BCUT2D eigenvalue weighted by Gasteiger charge is -2.16. The smallest absolute Gasteiger partial charge is 0.251 e. The van der Waals surface area contributed by atoms with Gasteiger partial charge in [0.2, 0.25) is 5.91 Å². The van der Waals surface area contributed by atoms with Crippen LogP contribution in [-0.2, 0) is 11.2 Å². The van der Waals surface area contributed by atoms with E-state index in [-0.39, 0.29) is 5.91 Å². The van der Waals surface area contributed by atoms with Crippen LogP contribution in [0, 0.1) is 0 Å². The van der Waals surface area contributed by atoms with Crippen molar-refractivity contribution in [2.75, 3.05) is 0 Å². The molecule has 0 saturated carbocycles. The zero-order valence-electron chi connectivity index (χ0n) is 14.3. The van der Waals surface area contributed by atoms with Crippen molar-refractivity contribution in [3.8, 4) is 11.1 Å². The van der Waals surface area contributed by atoms with E-state index in [1.165, 1.54) is 0 Å². The third kappa shape index (κ3) is 4.36.